The predicted octanol–water partition coefficient (Wildman–Crippen LogP) is 3.82. The summed E-state index contributed by atoms with van der Waals surface area (Å²) in [6.07, 6.45) is 0. The number of hydrogen-bond donors (Lipinski definition) is 0. The maximum atomic E-state index is 9.05. The molecule has 2 aromatic rings. The van der Waals surface area contributed by atoms with E-state index in [0.29, 0.717) is 5.88 Å². The summed E-state index contributed by atoms with van der Waals surface area (Å²) in [5, 5.41) is 12.1. The highest BCUT2D eigenvalue weighted by atomic mass is 35.5. The molecule has 3 heteroatoms. The normalized spacial score (nSPS) is 10.4. The van der Waals surface area contributed by atoms with Crippen LogP contribution in [0.2, 0.25) is 0 Å². The number of nitriles is 1. The van der Waals surface area contributed by atoms with E-state index in [0.717, 1.165) is 16.5 Å². The van der Waals surface area contributed by atoms with Crippen molar-refractivity contribution in [1.29, 1.82) is 5.26 Å². The fourth-order valence-corrected chi connectivity index (χ4v) is 2.71. The Hall–Kier alpha value is -1.04. The largest absolute Gasteiger partial charge is 0.192 e. The highest BCUT2D eigenvalue weighted by Crippen LogP contribution is 2.30. The second-order valence-corrected chi connectivity index (χ2v) is 4.32. The molecule has 1 nitrogen and oxygen atoms in total. The van der Waals surface area contributed by atoms with Gasteiger partial charge in [-0.3, -0.25) is 0 Å². The van der Waals surface area contributed by atoms with E-state index >= 15 is 0 Å². The molecule has 0 radical (unpaired) electrons. The van der Waals surface area contributed by atoms with Crippen LogP contribution in [0.5, 0.6) is 0 Å². The van der Waals surface area contributed by atoms with Gasteiger partial charge >= 0.3 is 0 Å². The third-order valence-electron chi connectivity index (χ3n) is 2.26. The molecule has 0 aliphatic carbocycles. The molecular formula is C11H8ClNS. The van der Waals surface area contributed by atoms with Gasteiger partial charge in [-0.1, -0.05) is 6.07 Å². The lowest BCUT2D eigenvalue weighted by molar-refractivity contribution is 1.35. The molecule has 0 amide bonds. The predicted molar refractivity (Wildman–Crippen MR) is 60.8 cm³/mol. The number of rotatable bonds is 1. The van der Waals surface area contributed by atoms with Crippen molar-refractivity contribution in [1.82, 2.24) is 0 Å². The number of alkyl halides is 1. The van der Waals surface area contributed by atoms with Crippen molar-refractivity contribution >= 4 is 33.0 Å². The van der Waals surface area contributed by atoms with Gasteiger partial charge in [-0.15, -0.1) is 22.9 Å². The molecule has 2 rings (SSSR count). The number of fused-ring (bicyclic) bond motifs is 1. The van der Waals surface area contributed by atoms with Crippen LogP contribution in [0.15, 0.2) is 17.5 Å². The van der Waals surface area contributed by atoms with E-state index in [1.54, 1.807) is 11.3 Å². The minimum absolute atomic E-state index is 0.398. The minimum Gasteiger partial charge on any atom is -0.192 e. The Morgan fingerprint density at radius 3 is 3.00 bits per heavy atom. The molecule has 0 saturated heterocycles. The fourth-order valence-electron chi connectivity index (χ4n) is 1.62. The van der Waals surface area contributed by atoms with Crippen molar-refractivity contribution in [3.05, 3.63) is 34.2 Å². The lowest BCUT2D eigenvalue weighted by Crippen LogP contribution is -1.88. The van der Waals surface area contributed by atoms with Gasteiger partial charge in [0.05, 0.1) is 5.56 Å². The topological polar surface area (TPSA) is 23.8 Å². The smallest absolute Gasteiger partial charge is 0.100 e. The summed E-state index contributed by atoms with van der Waals surface area (Å²) in [7, 11) is 0. The molecule has 0 spiro atoms. The Labute approximate surface area is 91.5 Å². The molecule has 0 N–H and O–H groups in total. The van der Waals surface area contributed by atoms with Gasteiger partial charge in [0.1, 0.15) is 6.07 Å². The van der Waals surface area contributed by atoms with Crippen LogP contribution in [0, 0.1) is 18.3 Å². The van der Waals surface area contributed by atoms with Gasteiger partial charge < -0.3 is 0 Å². The van der Waals surface area contributed by atoms with Crippen molar-refractivity contribution < 1.29 is 0 Å². The number of nitrogens with zero attached hydrogens (tertiary/aromatic N) is 1. The van der Waals surface area contributed by atoms with Gasteiger partial charge in [0.2, 0.25) is 0 Å². The molecule has 0 saturated carbocycles. The van der Waals surface area contributed by atoms with Crippen molar-refractivity contribution in [2.24, 2.45) is 0 Å². The zero-order valence-corrected chi connectivity index (χ0v) is 9.25. The van der Waals surface area contributed by atoms with Gasteiger partial charge in [-0.25, -0.2) is 0 Å². The molecule has 0 bridgehead atoms. The number of hydrogen-bond acceptors (Lipinski definition) is 2. The van der Waals surface area contributed by atoms with E-state index in [9.17, 15) is 0 Å². The van der Waals surface area contributed by atoms with E-state index < -0.39 is 0 Å². The third kappa shape index (κ3) is 1.30. The highest BCUT2D eigenvalue weighted by Gasteiger charge is 2.09. The Kier molecular flexibility index (Phi) is 2.45. The number of halogens is 1. The maximum Gasteiger partial charge on any atom is 0.100 e. The molecule has 70 valence electrons. The van der Waals surface area contributed by atoms with Gasteiger partial charge in [0, 0.05) is 16.0 Å². The van der Waals surface area contributed by atoms with Crippen LogP contribution < -0.4 is 0 Å². The first-order valence-corrected chi connectivity index (χ1v) is 5.65. The van der Waals surface area contributed by atoms with Gasteiger partial charge in [-0.05, 0) is 29.5 Å². The monoisotopic (exact) mass is 221 g/mol. The van der Waals surface area contributed by atoms with Gasteiger partial charge in [-0.2, -0.15) is 5.26 Å². The molecule has 1 aromatic carbocycles. The van der Waals surface area contributed by atoms with E-state index in [1.165, 1.54) is 10.3 Å². The Morgan fingerprint density at radius 1 is 1.57 bits per heavy atom. The van der Waals surface area contributed by atoms with E-state index in [4.69, 9.17) is 16.9 Å². The Balaban J connectivity index is 2.91. The van der Waals surface area contributed by atoms with Gasteiger partial charge in [0.25, 0.3) is 0 Å². The first-order chi connectivity index (χ1) is 6.77. The van der Waals surface area contributed by atoms with Crippen molar-refractivity contribution in [2.45, 2.75) is 12.8 Å². The first kappa shape index (κ1) is 9.51. The van der Waals surface area contributed by atoms with Crippen LogP contribution >= 0.6 is 22.9 Å². The van der Waals surface area contributed by atoms with E-state index in [2.05, 4.69) is 13.0 Å². The summed E-state index contributed by atoms with van der Waals surface area (Å²) in [6, 6.07) is 6.22. The first-order valence-electron chi connectivity index (χ1n) is 4.23. The number of benzene rings is 1. The summed E-state index contributed by atoms with van der Waals surface area (Å²) < 4.78 is 1.19. The average molecular weight is 222 g/mol. The standard InChI is InChI=1S/C11H8ClNS/c1-7-4-8(5-12)10(6-13)9-2-3-14-11(7)9/h2-4H,5H2,1H3. The van der Waals surface area contributed by atoms with Crippen LogP contribution in [-0.2, 0) is 5.88 Å². The molecule has 1 aromatic heterocycles. The second kappa shape index (κ2) is 3.61. The quantitative estimate of drug-likeness (QED) is 0.672. The summed E-state index contributed by atoms with van der Waals surface area (Å²) >= 11 is 7.47. The highest BCUT2D eigenvalue weighted by molar-refractivity contribution is 7.17. The summed E-state index contributed by atoms with van der Waals surface area (Å²) in [5.74, 6) is 0.398. The molecular weight excluding hydrogens is 214 g/mol. The number of thiophene rings is 1. The zero-order chi connectivity index (χ0) is 10.1. The molecule has 0 unspecified atom stereocenters. The van der Waals surface area contributed by atoms with Crippen LogP contribution in [0.4, 0.5) is 0 Å². The average Bonchev–Trinajstić information content (AvgIpc) is 2.66. The van der Waals surface area contributed by atoms with Crippen molar-refractivity contribution in [3.8, 4) is 6.07 Å². The van der Waals surface area contributed by atoms with Crippen LogP contribution in [0.3, 0.4) is 0 Å². The lowest BCUT2D eigenvalue weighted by atomic mass is 10.0. The second-order valence-electron chi connectivity index (χ2n) is 3.14. The molecule has 0 aliphatic rings. The Morgan fingerprint density at radius 2 is 2.36 bits per heavy atom. The summed E-state index contributed by atoms with van der Waals surface area (Å²) in [4.78, 5) is 0. The SMILES string of the molecule is Cc1cc(CCl)c(C#N)c2ccsc12. The third-order valence-corrected chi connectivity index (χ3v) is 3.60. The van der Waals surface area contributed by atoms with Gasteiger partial charge in [0.15, 0.2) is 0 Å². The molecule has 0 atom stereocenters. The van der Waals surface area contributed by atoms with Crippen molar-refractivity contribution in [2.75, 3.05) is 0 Å². The lowest BCUT2D eigenvalue weighted by Gasteiger charge is -2.03. The summed E-state index contributed by atoms with van der Waals surface area (Å²) in [5.41, 5.74) is 2.85. The van der Waals surface area contributed by atoms with E-state index in [1.807, 2.05) is 17.5 Å². The maximum absolute atomic E-state index is 9.05. The van der Waals surface area contributed by atoms with E-state index in [-0.39, 0.29) is 0 Å². The van der Waals surface area contributed by atoms with Crippen LogP contribution in [0.1, 0.15) is 16.7 Å². The summed E-state index contributed by atoms with van der Waals surface area (Å²) in [6.45, 7) is 2.05. The Bertz CT molecular complexity index is 522. The fraction of sp³-hybridized carbons (Fsp3) is 0.182. The van der Waals surface area contributed by atoms with Crippen LogP contribution in [0.25, 0.3) is 10.1 Å². The van der Waals surface area contributed by atoms with Crippen LogP contribution in [-0.4, -0.2) is 0 Å². The zero-order valence-electron chi connectivity index (χ0n) is 7.67. The van der Waals surface area contributed by atoms with Crippen molar-refractivity contribution in [3.63, 3.8) is 0 Å². The number of aryl methyl sites for hydroxylation is 1. The molecule has 14 heavy (non-hydrogen) atoms. The molecule has 0 aliphatic heterocycles. The molecule has 0 fully saturated rings. The molecule has 1 heterocycles. The minimum atomic E-state index is 0.398.